The Morgan fingerprint density at radius 3 is 2.61 bits per heavy atom. The fourth-order valence-corrected chi connectivity index (χ4v) is 2.73. The molecule has 1 heterocycles. The topological polar surface area (TPSA) is 102 Å². The molecule has 0 amide bonds. The van der Waals surface area contributed by atoms with Crippen molar-refractivity contribution in [1.29, 1.82) is 5.26 Å². The van der Waals surface area contributed by atoms with Crippen LogP contribution in [0, 0.1) is 11.3 Å². The molecule has 0 saturated heterocycles. The van der Waals surface area contributed by atoms with Crippen molar-refractivity contribution in [1.82, 2.24) is 9.78 Å². The Kier molecular flexibility index (Phi) is 3.21. The third kappa shape index (κ3) is 2.15. The molecule has 0 saturated carbocycles. The van der Waals surface area contributed by atoms with E-state index in [9.17, 15) is 8.42 Å². The molecule has 8 heteroatoms. The Morgan fingerprint density at radius 1 is 1.39 bits per heavy atom. The summed E-state index contributed by atoms with van der Waals surface area (Å²) in [5, 5.41) is 17.6. The van der Waals surface area contributed by atoms with Gasteiger partial charge in [0.1, 0.15) is 11.6 Å². The third-order valence-electron chi connectivity index (χ3n) is 2.20. The normalized spacial score (nSPS) is 11.2. The van der Waals surface area contributed by atoms with Crippen molar-refractivity contribution in [2.75, 3.05) is 0 Å². The first-order chi connectivity index (χ1) is 8.45. The average molecular weight is 327 g/mol. The molecule has 18 heavy (non-hydrogen) atoms. The van der Waals surface area contributed by atoms with Crippen molar-refractivity contribution in [3.63, 3.8) is 0 Å². The van der Waals surface area contributed by atoms with Crippen molar-refractivity contribution in [2.45, 2.75) is 5.03 Å². The second kappa shape index (κ2) is 4.53. The summed E-state index contributed by atoms with van der Waals surface area (Å²) in [6, 6.07) is 8.65. The van der Waals surface area contributed by atoms with Crippen LogP contribution in [0.25, 0.3) is 5.69 Å². The molecule has 92 valence electrons. The molecule has 0 atom stereocenters. The summed E-state index contributed by atoms with van der Waals surface area (Å²) in [6.07, 6.45) is 1.17. The molecule has 0 aliphatic heterocycles. The van der Waals surface area contributed by atoms with Crippen LogP contribution in [0.4, 0.5) is 0 Å². The van der Waals surface area contributed by atoms with Gasteiger partial charge in [0, 0.05) is 4.47 Å². The Bertz CT molecular complexity index is 745. The summed E-state index contributed by atoms with van der Waals surface area (Å²) in [6.45, 7) is 0. The van der Waals surface area contributed by atoms with E-state index in [0.29, 0.717) is 10.2 Å². The van der Waals surface area contributed by atoms with Crippen LogP contribution >= 0.6 is 15.9 Å². The summed E-state index contributed by atoms with van der Waals surface area (Å²) in [5.41, 5.74) is 0.399. The zero-order valence-electron chi connectivity index (χ0n) is 8.91. The Morgan fingerprint density at radius 2 is 2.06 bits per heavy atom. The van der Waals surface area contributed by atoms with E-state index in [-0.39, 0.29) is 10.6 Å². The molecule has 1 aromatic heterocycles. The number of nitriles is 1. The first-order valence-electron chi connectivity index (χ1n) is 4.71. The van der Waals surface area contributed by atoms with Crippen LogP contribution in [0.2, 0.25) is 0 Å². The number of primary sulfonamides is 1. The van der Waals surface area contributed by atoms with E-state index in [1.54, 1.807) is 30.3 Å². The van der Waals surface area contributed by atoms with E-state index in [1.807, 2.05) is 0 Å². The number of benzene rings is 1. The summed E-state index contributed by atoms with van der Waals surface area (Å²) in [5.74, 6) is 0. The predicted octanol–water partition coefficient (Wildman–Crippen LogP) is 1.15. The van der Waals surface area contributed by atoms with Gasteiger partial charge in [-0.2, -0.15) is 10.4 Å². The summed E-state index contributed by atoms with van der Waals surface area (Å²) in [4.78, 5) is 0. The number of hydrogen-bond donors (Lipinski definition) is 1. The van der Waals surface area contributed by atoms with Crippen molar-refractivity contribution < 1.29 is 8.42 Å². The zero-order chi connectivity index (χ0) is 13.3. The van der Waals surface area contributed by atoms with E-state index in [0.717, 1.165) is 4.68 Å². The molecular formula is C10H7BrN4O2S. The molecule has 2 rings (SSSR count). The second-order valence-corrected chi connectivity index (χ2v) is 5.71. The highest BCUT2D eigenvalue weighted by molar-refractivity contribution is 9.10. The average Bonchev–Trinajstić information content (AvgIpc) is 2.73. The fourth-order valence-electron chi connectivity index (χ4n) is 1.48. The van der Waals surface area contributed by atoms with E-state index in [1.165, 1.54) is 6.20 Å². The molecule has 0 bridgehead atoms. The summed E-state index contributed by atoms with van der Waals surface area (Å²) >= 11 is 3.29. The molecule has 0 unspecified atom stereocenters. The predicted molar refractivity (Wildman–Crippen MR) is 67.4 cm³/mol. The van der Waals surface area contributed by atoms with Crippen LogP contribution in [0.1, 0.15) is 5.56 Å². The highest BCUT2D eigenvalue weighted by atomic mass is 79.9. The number of para-hydroxylation sites is 1. The lowest BCUT2D eigenvalue weighted by atomic mass is 10.3. The molecule has 0 fully saturated rings. The first kappa shape index (κ1) is 12.8. The Labute approximate surface area is 112 Å². The molecule has 6 nitrogen and oxygen atoms in total. The number of nitrogens with zero attached hydrogens (tertiary/aromatic N) is 3. The second-order valence-electron chi connectivity index (χ2n) is 3.38. The molecule has 2 aromatic rings. The smallest absolute Gasteiger partial charge is 0.223 e. The lowest BCUT2D eigenvalue weighted by molar-refractivity contribution is 0.587. The maximum atomic E-state index is 11.5. The molecular weight excluding hydrogens is 320 g/mol. The van der Waals surface area contributed by atoms with Crippen molar-refractivity contribution in [2.24, 2.45) is 5.14 Å². The van der Waals surface area contributed by atoms with Gasteiger partial charge in [-0.05, 0) is 28.1 Å². The van der Waals surface area contributed by atoms with Crippen molar-refractivity contribution in [3.8, 4) is 11.8 Å². The number of nitrogens with two attached hydrogens (primary N) is 1. The van der Waals surface area contributed by atoms with Gasteiger partial charge in [0.15, 0.2) is 5.03 Å². The number of rotatable bonds is 2. The number of halogens is 1. The maximum absolute atomic E-state index is 11.5. The van der Waals surface area contributed by atoms with Crippen LogP contribution in [0.15, 0.2) is 40.0 Å². The number of aromatic nitrogens is 2. The lowest BCUT2D eigenvalue weighted by Gasteiger charge is -2.07. The van der Waals surface area contributed by atoms with Gasteiger partial charge in [-0.15, -0.1) is 0 Å². The zero-order valence-corrected chi connectivity index (χ0v) is 11.3. The van der Waals surface area contributed by atoms with Gasteiger partial charge in [-0.3, -0.25) is 0 Å². The molecule has 0 aliphatic carbocycles. The monoisotopic (exact) mass is 326 g/mol. The van der Waals surface area contributed by atoms with Gasteiger partial charge in [0.05, 0.1) is 11.9 Å². The first-order valence-corrected chi connectivity index (χ1v) is 7.05. The fraction of sp³-hybridized carbons (Fsp3) is 0. The van der Waals surface area contributed by atoms with Gasteiger partial charge in [0.25, 0.3) is 10.0 Å². The standard InChI is InChI=1S/C10H7BrN4O2S/c11-8-3-1-2-4-9(8)15-10(18(13,16)17)7(5-12)6-14-15/h1-4,6H,(H2,13,16,17). The highest BCUT2D eigenvalue weighted by Crippen LogP contribution is 2.24. The lowest BCUT2D eigenvalue weighted by Crippen LogP contribution is -2.18. The highest BCUT2D eigenvalue weighted by Gasteiger charge is 2.23. The minimum Gasteiger partial charge on any atom is -0.223 e. The minimum absolute atomic E-state index is 0.0896. The van der Waals surface area contributed by atoms with Crippen molar-refractivity contribution in [3.05, 3.63) is 40.5 Å². The van der Waals surface area contributed by atoms with Crippen LogP contribution in [0.5, 0.6) is 0 Å². The number of sulfonamides is 1. The molecule has 0 radical (unpaired) electrons. The van der Waals surface area contributed by atoms with Gasteiger partial charge >= 0.3 is 0 Å². The molecule has 2 N–H and O–H groups in total. The minimum atomic E-state index is -4.04. The van der Waals surface area contributed by atoms with Crippen molar-refractivity contribution >= 4 is 26.0 Å². The molecule has 1 aromatic carbocycles. The molecule has 0 aliphatic rings. The van der Waals surface area contributed by atoms with Gasteiger partial charge in [-0.1, -0.05) is 12.1 Å². The molecule has 0 spiro atoms. The van der Waals surface area contributed by atoms with E-state index in [2.05, 4.69) is 21.0 Å². The van der Waals surface area contributed by atoms with E-state index >= 15 is 0 Å². The third-order valence-corrected chi connectivity index (χ3v) is 3.80. The summed E-state index contributed by atoms with van der Waals surface area (Å²) < 4.78 is 24.8. The van der Waals surface area contributed by atoms with Gasteiger partial charge < -0.3 is 0 Å². The van der Waals surface area contributed by atoms with E-state index in [4.69, 9.17) is 10.4 Å². The van der Waals surface area contributed by atoms with Crippen LogP contribution < -0.4 is 5.14 Å². The van der Waals surface area contributed by atoms with Crippen LogP contribution in [-0.4, -0.2) is 18.2 Å². The van der Waals surface area contributed by atoms with Crippen LogP contribution in [0.3, 0.4) is 0 Å². The number of hydrogen-bond acceptors (Lipinski definition) is 4. The van der Waals surface area contributed by atoms with Gasteiger partial charge in [0.2, 0.25) is 0 Å². The largest absolute Gasteiger partial charge is 0.257 e. The Balaban J connectivity index is 2.80. The Hall–Kier alpha value is -1.69. The SMILES string of the molecule is N#Cc1cnn(-c2ccccc2Br)c1S(N)(=O)=O. The summed E-state index contributed by atoms with van der Waals surface area (Å²) in [7, 11) is -4.04. The quantitative estimate of drug-likeness (QED) is 0.894. The van der Waals surface area contributed by atoms with Gasteiger partial charge in [-0.25, -0.2) is 18.2 Å². The van der Waals surface area contributed by atoms with Crippen LogP contribution in [-0.2, 0) is 10.0 Å². The van der Waals surface area contributed by atoms with E-state index < -0.39 is 10.0 Å². The maximum Gasteiger partial charge on any atom is 0.257 e.